The first-order valence-electron chi connectivity index (χ1n) is 9.12. The van der Waals surface area contributed by atoms with Crippen LogP contribution in [-0.2, 0) is 11.8 Å². The molecule has 27 heavy (non-hydrogen) atoms. The molecule has 0 unspecified atom stereocenters. The molecule has 1 aromatic carbocycles. The molecule has 1 saturated heterocycles. The zero-order valence-corrected chi connectivity index (χ0v) is 16.6. The molecule has 2 atom stereocenters. The lowest BCUT2D eigenvalue weighted by atomic mass is 10.1. The molecule has 2 aromatic rings. The maximum absolute atomic E-state index is 12.3. The van der Waals surface area contributed by atoms with E-state index < -0.39 is 11.7 Å². The standard InChI is InChI=1S/C20H28N4O3/c1-20(2,3)27-19(26)24-12-17(18(25)13-24)23(5)16-8-6-14(7-9-16)15-10-21-22(4)11-15/h6-11,17-18,25H,12-13H2,1-5H3/t17-,18-/m0/s1. The number of likely N-dealkylation sites (N-methyl/N-ethyl adjacent to an activating group) is 1. The first kappa shape index (κ1) is 19.2. The molecule has 1 amide bonds. The predicted octanol–water partition coefficient (Wildman–Crippen LogP) is 2.50. The molecule has 0 bridgehead atoms. The van der Waals surface area contributed by atoms with E-state index in [1.807, 2.05) is 76.4 Å². The van der Waals surface area contributed by atoms with Crippen LogP contribution in [0.5, 0.6) is 0 Å². The number of rotatable bonds is 3. The van der Waals surface area contributed by atoms with Crippen molar-refractivity contribution < 1.29 is 14.6 Å². The Morgan fingerprint density at radius 2 is 1.89 bits per heavy atom. The van der Waals surface area contributed by atoms with Crippen LogP contribution in [0.2, 0.25) is 0 Å². The van der Waals surface area contributed by atoms with Gasteiger partial charge in [-0.25, -0.2) is 4.79 Å². The molecule has 0 aliphatic carbocycles. The third kappa shape index (κ3) is 4.42. The van der Waals surface area contributed by atoms with E-state index in [4.69, 9.17) is 4.74 Å². The maximum Gasteiger partial charge on any atom is 0.410 e. The van der Waals surface area contributed by atoms with Crippen molar-refractivity contribution in [3.8, 4) is 11.1 Å². The third-order valence-corrected chi connectivity index (χ3v) is 4.72. The van der Waals surface area contributed by atoms with Gasteiger partial charge in [-0.1, -0.05) is 12.1 Å². The molecule has 146 valence electrons. The van der Waals surface area contributed by atoms with Gasteiger partial charge in [0, 0.05) is 38.1 Å². The molecule has 1 aromatic heterocycles. The smallest absolute Gasteiger partial charge is 0.410 e. The molecule has 7 heteroatoms. The van der Waals surface area contributed by atoms with Crippen molar-refractivity contribution in [1.29, 1.82) is 0 Å². The maximum atomic E-state index is 12.3. The monoisotopic (exact) mass is 372 g/mol. The molecule has 7 nitrogen and oxygen atoms in total. The van der Waals surface area contributed by atoms with Crippen LogP contribution in [0.25, 0.3) is 11.1 Å². The van der Waals surface area contributed by atoms with Crippen LogP contribution in [0.3, 0.4) is 0 Å². The second-order valence-corrected chi connectivity index (χ2v) is 8.08. The Bertz CT molecular complexity index is 794. The number of hydrogen-bond acceptors (Lipinski definition) is 5. The number of β-amino-alcohol motifs (C(OH)–C–C–N with tert-alkyl or cyclic N) is 1. The largest absolute Gasteiger partial charge is 0.444 e. The summed E-state index contributed by atoms with van der Waals surface area (Å²) in [4.78, 5) is 15.9. The summed E-state index contributed by atoms with van der Waals surface area (Å²) in [5.74, 6) is 0. The quantitative estimate of drug-likeness (QED) is 0.896. The van der Waals surface area contributed by atoms with E-state index in [1.165, 1.54) is 0 Å². The minimum Gasteiger partial charge on any atom is -0.444 e. The van der Waals surface area contributed by atoms with E-state index in [1.54, 1.807) is 9.58 Å². The zero-order chi connectivity index (χ0) is 19.8. The van der Waals surface area contributed by atoms with Crippen molar-refractivity contribution in [3.05, 3.63) is 36.7 Å². The van der Waals surface area contributed by atoms with Crippen LogP contribution in [0.4, 0.5) is 10.5 Å². The van der Waals surface area contributed by atoms with Crippen molar-refractivity contribution in [3.63, 3.8) is 0 Å². The minimum absolute atomic E-state index is 0.179. The number of aliphatic hydroxyl groups excluding tert-OH is 1. The molecule has 2 heterocycles. The summed E-state index contributed by atoms with van der Waals surface area (Å²) in [5.41, 5.74) is 2.58. The number of hydrogen-bond donors (Lipinski definition) is 1. The van der Waals surface area contributed by atoms with Crippen LogP contribution < -0.4 is 4.90 Å². The minimum atomic E-state index is -0.625. The van der Waals surface area contributed by atoms with E-state index in [0.29, 0.717) is 6.54 Å². The number of benzene rings is 1. The Hall–Kier alpha value is -2.54. The summed E-state index contributed by atoms with van der Waals surface area (Å²) >= 11 is 0. The summed E-state index contributed by atoms with van der Waals surface area (Å²) in [5, 5.41) is 14.7. The fourth-order valence-electron chi connectivity index (χ4n) is 3.28. The molecule has 0 radical (unpaired) electrons. The fourth-order valence-corrected chi connectivity index (χ4v) is 3.28. The Balaban J connectivity index is 1.68. The van der Waals surface area contributed by atoms with Gasteiger partial charge in [-0.15, -0.1) is 0 Å². The number of carbonyl (C=O) groups is 1. The Labute approximate surface area is 160 Å². The van der Waals surface area contributed by atoms with E-state index in [0.717, 1.165) is 16.8 Å². The average Bonchev–Trinajstić information content (AvgIpc) is 3.19. The van der Waals surface area contributed by atoms with Crippen molar-refractivity contribution >= 4 is 11.8 Å². The first-order chi connectivity index (χ1) is 12.6. The van der Waals surface area contributed by atoms with E-state index in [-0.39, 0.29) is 18.7 Å². The van der Waals surface area contributed by atoms with Gasteiger partial charge in [-0.05, 0) is 38.5 Å². The predicted molar refractivity (Wildman–Crippen MR) is 105 cm³/mol. The van der Waals surface area contributed by atoms with Crippen LogP contribution in [0.15, 0.2) is 36.7 Å². The Morgan fingerprint density at radius 3 is 2.44 bits per heavy atom. The number of nitrogens with zero attached hydrogens (tertiary/aromatic N) is 4. The second kappa shape index (κ2) is 7.23. The highest BCUT2D eigenvalue weighted by molar-refractivity contribution is 5.69. The van der Waals surface area contributed by atoms with Gasteiger partial charge in [0.1, 0.15) is 5.60 Å². The van der Waals surface area contributed by atoms with Crippen molar-refractivity contribution in [2.75, 3.05) is 25.0 Å². The molecule has 0 saturated carbocycles. The highest BCUT2D eigenvalue weighted by Gasteiger charge is 2.38. The summed E-state index contributed by atoms with van der Waals surface area (Å²) in [6.45, 7) is 6.22. The number of aromatic nitrogens is 2. The van der Waals surface area contributed by atoms with Gasteiger partial charge in [-0.3, -0.25) is 4.68 Å². The molecule has 3 rings (SSSR count). The van der Waals surface area contributed by atoms with Gasteiger partial charge in [-0.2, -0.15) is 5.10 Å². The van der Waals surface area contributed by atoms with Crippen molar-refractivity contribution in [2.45, 2.75) is 38.5 Å². The summed E-state index contributed by atoms with van der Waals surface area (Å²) < 4.78 is 7.19. The van der Waals surface area contributed by atoms with Crippen LogP contribution in [0, 0.1) is 0 Å². The number of carbonyl (C=O) groups excluding carboxylic acids is 1. The number of likely N-dealkylation sites (tertiary alicyclic amines) is 1. The van der Waals surface area contributed by atoms with Crippen LogP contribution in [0.1, 0.15) is 20.8 Å². The second-order valence-electron chi connectivity index (χ2n) is 8.08. The van der Waals surface area contributed by atoms with Crippen molar-refractivity contribution in [2.24, 2.45) is 7.05 Å². The molecule has 0 spiro atoms. The van der Waals surface area contributed by atoms with Gasteiger partial charge in [0.2, 0.25) is 0 Å². The van der Waals surface area contributed by atoms with Crippen molar-refractivity contribution in [1.82, 2.24) is 14.7 Å². The Morgan fingerprint density at radius 1 is 1.22 bits per heavy atom. The van der Waals surface area contributed by atoms with E-state index in [2.05, 4.69) is 5.10 Å². The molecule has 1 aliphatic rings. The van der Waals surface area contributed by atoms with Gasteiger partial charge in [0.25, 0.3) is 0 Å². The molecule has 1 aliphatic heterocycles. The highest BCUT2D eigenvalue weighted by Crippen LogP contribution is 2.26. The topological polar surface area (TPSA) is 70.8 Å². The molecule has 1 fully saturated rings. The number of amides is 1. The molecule has 1 N–H and O–H groups in total. The third-order valence-electron chi connectivity index (χ3n) is 4.72. The van der Waals surface area contributed by atoms with Gasteiger partial charge in [0.05, 0.1) is 24.9 Å². The first-order valence-corrected chi connectivity index (χ1v) is 9.12. The number of ether oxygens (including phenoxy) is 1. The fraction of sp³-hybridized carbons (Fsp3) is 0.500. The molecular formula is C20H28N4O3. The summed E-state index contributed by atoms with van der Waals surface area (Å²) in [6, 6.07) is 7.93. The number of aliphatic hydroxyl groups is 1. The Kier molecular flexibility index (Phi) is 5.15. The lowest BCUT2D eigenvalue weighted by Crippen LogP contribution is -2.41. The summed E-state index contributed by atoms with van der Waals surface area (Å²) in [6.07, 6.45) is 2.79. The molecular weight excluding hydrogens is 344 g/mol. The van der Waals surface area contributed by atoms with Crippen LogP contribution in [-0.4, -0.2) is 63.8 Å². The SMILES string of the molecule is CN(c1ccc(-c2cnn(C)c2)cc1)[C@H]1CN(C(=O)OC(C)(C)C)C[C@@H]1O. The lowest BCUT2D eigenvalue weighted by Gasteiger charge is -2.29. The van der Waals surface area contributed by atoms with Gasteiger partial charge >= 0.3 is 6.09 Å². The zero-order valence-electron chi connectivity index (χ0n) is 16.6. The van der Waals surface area contributed by atoms with Gasteiger partial charge < -0.3 is 19.6 Å². The highest BCUT2D eigenvalue weighted by atomic mass is 16.6. The average molecular weight is 372 g/mol. The van der Waals surface area contributed by atoms with Crippen LogP contribution >= 0.6 is 0 Å². The van der Waals surface area contributed by atoms with E-state index in [9.17, 15) is 9.90 Å². The van der Waals surface area contributed by atoms with E-state index >= 15 is 0 Å². The number of anilines is 1. The lowest BCUT2D eigenvalue weighted by molar-refractivity contribution is 0.0270. The summed E-state index contributed by atoms with van der Waals surface area (Å²) in [7, 11) is 3.83. The van der Waals surface area contributed by atoms with Gasteiger partial charge in [0.15, 0.2) is 0 Å². The normalized spacial score (nSPS) is 20.0. The number of aryl methyl sites for hydroxylation is 1.